The van der Waals surface area contributed by atoms with Crippen LogP contribution in [0.5, 0.6) is 0 Å². The first-order valence-corrected chi connectivity index (χ1v) is 8.25. The molecule has 2 aromatic rings. The Morgan fingerprint density at radius 3 is 2.48 bits per heavy atom. The third-order valence-corrected chi connectivity index (χ3v) is 5.24. The van der Waals surface area contributed by atoms with Crippen LogP contribution in [-0.2, 0) is 5.41 Å². The van der Waals surface area contributed by atoms with Crippen LogP contribution in [0.4, 0.5) is 11.4 Å². The molecule has 1 aliphatic rings. The Kier molecular flexibility index (Phi) is 3.90. The van der Waals surface area contributed by atoms with Crippen LogP contribution in [0, 0.1) is 10.1 Å². The van der Waals surface area contributed by atoms with Crippen molar-refractivity contribution < 1.29 is 4.92 Å². The molecule has 0 N–H and O–H groups in total. The van der Waals surface area contributed by atoms with Crippen LogP contribution in [0.3, 0.4) is 0 Å². The minimum absolute atomic E-state index is 0.123. The van der Waals surface area contributed by atoms with Crippen molar-refractivity contribution in [2.45, 2.75) is 24.2 Å². The van der Waals surface area contributed by atoms with Crippen molar-refractivity contribution in [1.82, 2.24) is 0 Å². The molecular formula is C18H18N2O2S. The Bertz CT molecular complexity index is 799. The zero-order chi connectivity index (χ0) is 16.6. The molecule has 0 radical (unpaired) electrons. The molecule has 0 unspecified atom stereocenters. The summed E-state index contributed by atoms with van der Waals surface area (Å²) in [5.74, 6) is 0. The van der Waals surface area contributed by atoms with E-state index in [2.05, 4.69) is 30.9 Å². The number of nitro benzene ring substituents is 1. The quantitative estimate of drug-likeness (QED) is 0.454. The fourth-order valence-electron chi connectivity index (χ4n) is 3.03. The second kappa shape index (κ2) is 5.74. The van der Waals surface area contributed by atoms with Gasteiger partial charge in [0, 0.05) is 29.9 Å². The third kappa shape index (κ3) is 2.61. The maximum atomic E-state index is 11.1. The van der Waals surface area contributed by atoms with Crippen molar-refractivity contribution in [1.29, 1.82) is 0 Å². The molecule has 0 bridgehead atoms. The van der Waals surface area contributed by atoms with Crippen LogP contribution in [-0.4, -0.2) is 12.0 Å². The Morgan fingerprint density at radius 2 is 1.78 bits per heavy atom. The third-order valence-electron chi connectivity index (χ3n) is 4.30. The number of nitro groups is 1. The van der Waals surface area contributed by atoms with Crippen molar-refractivity contribution in [2.24, 2.45) is 0 Å². The highest BCUT2D eigenvalue weighted by Gasteiger charge is 2.38. The Hall–Kier alpha value is -2.27. The molecule has 4 nitrogen and oxygen atoms in total. The van der Waals surface area contributed by atoms with Crippen LogP contribution in [0.15, 0.2) is 64.5 Å². The number of benzene rings is 2. The van der Waals surface area contributed by atoms with Crippen LogP contribution < -0.4 is 4.90 Å². The molecule has 0 spiro atoms. The summed E-state index contributed by atoms with van der Waals surface area (Å²) in [7, 11) is 2.04. The van der Waals surface area contributed by atoms with Gasteiger partial charge in [0.15, 0.2) is 0 Å². The van der Waals surface area contributed by atoms with Gasteiger partial charge < -0.3 is 4.90 Å². The summed E-state index contributed by atoms with van der Waals surface area (Å²) in [5, 5.41) is 13.2. The predicted octanol–water partition coefficient (Wildman–Crippen LogP) is 4.96. The van der Waals surface area contributed by atoms with Gasteiger partial charge in [0.2, 0.25) is 0 Å². The maximum absolute atomic E-state index is 11.1. The SMILES string of the molecule is CN1/C(=C/Sc2ccccc2[N+](=O)[O-])C(C)(C)c2ccccc21. The maximum Gasteiger partial charge on any atom is 0.283 e. The first-order valence-electron chi connectivity index (χ1n) is 7.37. The number of para-hydroxylation sites is 2. The van der Waals surface area contributed by atoms with Crippen LogP contribution in [0.2, 0.25) is 0 Å². The summed E-state index contributed by atoms with van der Waals surface area (Å²) in [4.78, 5) is 13.6. The topological polar surface area (TPSA) is 46.4 Å². The highest BCUT2D eigenvalue weighted by atomic mass is 32.2. The first kappa shape index (κ1) is 15.6. The number of hydrogen-bond acceptors (Lipinski definition) is 4. The van der Waals surface area contributed by atoms with Gasteiger partial charge in [0.05, 0.1) is 9.82 Å². The summed E-state index contributed by atoms with van der Waals surface area (Å²) in [6.07, 6.45) is 0. The van der Waals surface area contributed by atoms with E-state index in [1.54, 1.807) is 18.2 Å². The number of allylic oxidation sites excluding steroid dienone is 1. The lowest BCUT2D eigenvalue weighted by molar-refractivity contribution is -0.387. The summed E-state index contributed by atoms with van der Waals surface area (Å²) in [6.45, 7) is 4.36. The summed E-state index contributed by atoms with van der Waals surface area (Å²) in [5.41, 5.74) is 3.62. The van der Waals surface area contributed by atoms with Crippen LogP contribution in [0.1, 0.15) is 19.4 Å². The standard InChI is InChI=1S/C18H18N2O2S/c1-18(2)13-8-4-5-9-14(13)19(3)17(18)12-23-16-11-7-6-10-15(16)20(21)22/h4-12H,1-3H3/b17-12+. The molecule has 0 aliphatic carbocycles. The molecule has 2 aromatic carbocycles. The van der Waals surface area contributed by atoms with E-state index in [1.165, 1.54) is 23.0 Å². The zero-order valence-corrected chi connectivity index (χ0v) is 14.1. The summed E-state index contributed by atoms with van der Waals surface area (Å²) >= 11 is 1.40. The van der Waals surface area contributed by atoms with Gasteiger partial charge in [0.25, 0.3) is 5.69 Å². The Labute approximate surface area is 140 Å². The fraction of sp³-hybridized carbons (Fsp3) is 0.222. The van der Waals surface area contributed by atoms with Crippen molar-refractivity contribution in [3.63, 3.8) is 0 Å². The molecule has 0 aromatic heterocycles. The van der Waals surface area contributed by atoms with E-state index in [1.807, 2.05) is 30.7 Å². The molecule has 1 aliphatic heterocycles. The lowest BCUT2D eigenvalue weighted by atomic mass is 9.84. The van der Waals surface area contributed by atoms with Gasteiger partial charge in [-0.25, -0.2) is 0 Å². The molecule has 0 atom stereocenters. The number of nitrogens with zero attached hydrogens (tertiary/aromatic N) is 2. The number of thioether (sulfide) groups is 1. The van der Waals surface area contributed by atoms with E-state index >= 15 is 0 Å². The van der Waals surface area contributed by atoms with Gasteiger partial charge in [-0.1, -0.05) is 55.9 Å². The van der Waals surface area contributed by atoms with Crippen LogP contribution >= 0.6 is 11.8 Å². The molecule has 3 rings (SSSR count). The highest BCUT2D eigenvalue weighted by molar-refractivity contribution is 8.02. The van der Waals surface area contributed by atoms with Gasteiger partial charge in [-0.15, -0.1) is 0 Å². The van der Waals surface area contributed by atoms with Crippen molar-refractivity contribution in [3.8, 4) is 0 Å². The van der Waals surface area contributed by atoms with Crippen molar-refractivity contribution in [3.05, 3.63) is 75.3 Å². The molecule has 118 valence electrons. The van der Waals surface area contributed by atoms with E-state index in [4.69, 9.17) is 0 Å². The van der Waals surface area contributed by atoms with E-state index in [-0.39, 0.29) is 16.0 Å². The molecule has 5 heteroatoms. The molecule has 0 saturated heterocycles. The monoisotopic (exact) mass is 326 g/mol. The average molecular weight is 326 g/mol. The molecular weight excluding hydrogens is 308 g/mol. The smallest absolute Gasteiger partial charge is 0.283 e. The van der Waals surface area contributed by atoms with E-state index in [0.717, 1.165) is 5.70 Å². The van der Waals surface area contributed by atoms with Gasteiger partial charge >= 0.3 is 0 Å². The Morgan fingerprint density at radius 1 is 1.13 bits per heavy atom. The highest BCUT2D eigenvalue weighted by Crippen LogP contribution is 2.48. The normalized spacial score (nSPS) is 17.3. The largest absolute Gasteiger partial charge is 0.347 e. The van der Waals surface area contributed by atoms with Crippen molar-refractivity contribution in [2.75, 3.05) is 11.9 Å². The van der Waals surface area contributed by atoms with Crippen molar-refractivity contribution >= 4 is 23.1 Å². The molecule has 0 saturated carbocycles. The minimum Gasteiger partial charge on any atom is -0.347 e. The average Bonchev–Trinajstić information content (AvgIpc) is 2.73. The number of anilines is 1. The van der Waals surface area contributed by atoms with E-state index in [9.17, 15) is 10.1 Å². The van der Waals surface area contributed by atoms with Crippen LogP contribution in [0.25, 0.3) is 0 Å². The second-order valence-electron chi connectivity index (χ2n) is 6.05. The second-order valence-corrected chi connectivity index (χ2v) is 6.96. The number of fused-ring (bicyclic) bond motifs is 1. The molecule has 0 fully saturated rings. The van der Waals surface area contributed by atoms with E-state index < -0.39 is 0 Å². The van der Waals surface area contributed by atoms with Gasteiger partial charge in [-0.2, -0.15) is 0 Å². The zero-order valence-electron chi connectivity index (χ0n) is 13.3. The minimum atomic E-state index is -0.334. The molecule has 1 heterocycles. The summed E-state index contributed by atoms with van der Waals surface area (Å²) < 4.78 is 0. The molecule has 0 amide bonds. The van der Waals surface area contributed by atoms with Gasteiger partial charge in [-0.05, 0) is 23.1 Å². The predicted molar refractivity (Wildman–Crippen MR) is 94.9 cm³/mol. The lowest BCUT2D eigenvalue weighted by Crippen LogP contribution is -2.22. The first-order chi connectivity index (χ1) is 10.9. The number of hydrogen-bond donors (Lipinski definition) is 0. The van der Waals surface area contributed by atoms with Gasteiger partial charge in [-0.3, -0.25) is 10.1 Å². The lowest BCUT2D eigenvalue weighted by Gasteiger charge is -2.23. The van der Waals surface area contributed by atoms with Gasteiger partial charge in [0.1, 0.15) is 0 Å². The summed E-state index contributed by atoms with van der Waals surface area (Å²) in [6, 6.07) is 15.2. The molecule has 23 heavy (non-hydrogen) atoms. The Balaban J connectivity index is 1.97. The van der Waals surface area contributed by atoms with E-state index in [0.29, 0.717) is 4.90 Å². The number of rotatable bonds is 3. The fourth-order valence-corrected chi connectivity index (χ4v) is 4.15. The number of likely N-dealkylation sites (N-methyl/N-ethyl adjacent to an activating group) is 1.